The molecule has 0 spiro atoms. The maximum Gasteiger partial charge on any atom is 0.414 e. The van der Waals surface area contributed by atoms with Crippen molar-refractivity contribution >= 4 is 35.0 Å². The predicted molar refractivity (Wildman–Crippen MR) is 79.6 cm³/mol. The summed E-state index contributed by atoms with van der Waals surface area (Å²) in [6.07, 6.45) is 1.85. The molecule has 1 saturated heterocycles. The second kappa shape index (κ2) is 5.43. The highest BCUT2D eigenvalue weighted by molar-refractivity contribution is 6.42. The van der Waals surface area contributed by atoms with E-state index in [0.717, 1.165) is 19.4 Å². The third kappa shape index (κ3) is 2.48. The molecule has 1 saturated carbocycles. The van der Waals surface area contributed by atoms with Crippen molar-refractivity contribution in [2.24, 2.45) is 5.92 Å². The molecule has 108 valence electrons. The summed E-state index contributed by atoms with van der Waals surface area (Å²) < 4.78 is 5.63. The fraction of sp³-hybridized carbons (Fsp3) is 0.500. The molecule has 2 bridgehead atoms. The molecule has 1 aromatic carbocycles. The van der Waals surface area contributed by atoms with Gasteiger partial charge < -0.3 is 10.1 Å². The number of rotatable bonds is 2. The minimum atomic E-state index is -0.353. The molecule has 1 N–H and O–H groups in total. The molecule has 1 heterocycles. The average Bonchev–Trinajstić information content (AvgIpc) is 3.00. The number of carbonyl (C=O) groups is 1. The number of piperidine rings is 1. The van der Waals surface area contributed by atoms with Gasteiger partial charge in [0.05, 0.1) is 10.0 Å². The number of fused-ring (bicyclic) bond motifs is 2. The highest BCUT2D eigenvalue weighted by Crippen LogP contribution is 2.34. The Kier molecular flexibility index (Phi) is 3.80. The SMILES string of the molecule is CN(C(=O)OC1C2CCC1NC2)c1ccc(Cl)c(Cl)c1. The largest absolute Gasteiger partial charge is 0.444 e. The number of nitrogens with zero attached hydrogens (tertiary/aromatic N) is 1. The maximum absolute atomic E-state index is 12.2. The Hall–Kier alpha value is -0.970. The molecule has 3 unspecified atom stereocenters. The van der Waals surface area contributed by atoms with Crippen LogP contribution in [0.25, 0.3) is 0 Å². The lowest BCUT2D eigenvalue weighted by Gasteiger charge is -2.22. The summed E-state index contributed by atoms with van der Waals surface area (Å²) in [5, 5.41) is 4.26. The molecule has 1 aliphatic heterocycles. The van der Waals surface area contributed by atoms with Gasteiger partial charge in [-0.05, 0) is 31.0 Å². The highest BCUT2D eigenvalue weighted by Gasteiger charge is 2.44. The van der Waals surface area contributed by atoms with Gasteiger partial charge >= 0.3 is 6.09 Å². The first-order valence-corrected chi connectivity index (χ1v) is 7.44. The Morgan fingerprint density at radius 1 is 1.35 bits per heavy atom. The Bertz CT molecular complexity index is 518. The van der Waals surface area contributed by atoms with Crippen LogP contribution in [0.5, 0.6) is 0 Å². The Balaban J connectivity index is 1.68. The van der Waals surface area contributed by atoms with Crippen molar-refractivity contribution in [3.05, 3.63) is 28.2 Å². The van der Waals surface area contributed by atoms with Crippen LogP contribution in [0.4, 0.5) is 10.5 Å². The quantitative estimate of drug-likeness (QED) is 0.910. The zero-order chi connectivity index (χ0) is 14.3. The number of benzene rings is 1. The van der Waals surface area contributed by atoms with Gasteiger partial charge in [0.2, 0.25) is 0 Å². The van der Waals surface area contributed by atoms with Gasteiger partial charge in [0, 0.05) is 31.2 Å². The van der Waals surface area contributed by atoms with E-state index in [1.54, 1.807) is 25.2 Å². The molecule has 0 aromatic heterocycles. The second-order valence-electron chi connectivity index (χ2n) is 5.36. The van der Waals surface area contributed by atoms with Gasteiger partial charge in [0.15, 0.2) is 0 Å². The lowest BCUT2D eigenvalue weighted by molar-refractivity contribution is 0.0915. The van der Waals surface area contributed by atoms with Crippen LogP contribution in [0.2, 0.25) is 10.0 Å². The number of halogens is 2. The van der Waals surface area contributed by atoms with Crippen LogP contribution in [0.15, 0.2) is 18.2 Å². The van der Waals surface area contributed by atoms with Crippen LogP contribution in [-0.2, 0) is 4.74 Å². The van der Waals surface area contributed by atoms with Crippen molar-refractivity contribution in [1.29, 1.82) is 0 Å². The first-order valence-electron chi connectivity index (χ1n) is 6.69. The molecule has 20 heavy (non-hydrogen) atoms. The van der Waals surface area contributed by atoms with Crippen molar-refractivity contribution in [3.63, 3.8) is 0 Å². The van der Waals surface area contributed by atoms with E-state index in [1.165, 1.54) is 4.90 Å². The molecule has 2 aliphatic rings. The lowest BCUT2D eigenvalue weighted by Crippen LogP contribution is -2.36. The molecule has 3 rings (SSSR count). The minimum absolute atomic E-state index is 0.00674. The smallest absolute Gasteiger partial charge is 0.414 e. The summed E-state index contributed by atoms with van der Waals surface area (Å²) in [7, 11) is 1.67. The minimum Gasteiger partial charge on any atom is -0.444 e. The van der Waals surface area contributed by atoms with Crippen molar-refractivity contribution in [2.45, 2.75) is 25.0 Å². The summed E-state index contributed by atoms with van der Waals surface area (Å²) in [5.41, 5.74) is 0.669. The van der Waals surface area contributed by atoms with Crippen molar-refractivity contribution in [1.82, 2.24) is 5.32 Å². The predicted octanol–water partition coefficient (Wildman–Crippen LogP) is 3.32. The summed E-state index contributed by atoms with van der Waals surface area (Å²) in [4.78, 5) is 13.7. The van der Waals surface area contributed by atoms with E-state index in [-0.39, 0.29) is 12.2 Å². The van der Waals surface area contributed by atoms with E-state index in [1.807, 2.05) is 0 Å². The van der Waals surface area contributed by atoms with Crippen molar-refractivity contribution in [3.8, 4) is 0 Å². The lowest BCUT2D eigenvalue weighted by atomic mass is 10.1. The van der Waals surface area contributed by atoms with E-state index < -0.39 is 0 Å². The normalized spacial score (nSPS) is 27.6. The Labute approximate surface area is 128 Å². The fourth-order valence-corrected chi connectivity index (χ4v) is 3.26. The van der Waals surface area contributed by atoms with E-state index in [2.05, 4.69) is 5.32 Å². The molecular weight excluding hydrogens is 299 g/mol. The fourth-order valence-electron chi connectivity index (χ4n) is 2.96. The number of hydrogen-bond donors (Lipinski definition) is 1. The van der Waals surface area contributed by atoms with Gasteiger partial charge in [0.25, 0.3) is 0 Å². The number of nitrogens with one attached hydrogen (secondary N) is 1. The summed E-state index contributed by atoms with van der Waals surface area (Å²) in [6.45, 7) is 0.944. The highest BCUT2D eigenvalue weighted by atomic mass is 35.5. The van der Waals surface area contributed by atoms with Gasteiger partial charge in [-0.2, -0.15) is 0 Å². The van der Waals surface area contributed by atoms with E-state index in [0.29, 0.717) is 27.7 Å². The van der Waals surface area contributed by atoms with Crippen molar-refractivity contribution in [2.75, 3.05) is 18.5 Å². The Morgan fingerprint density at radius 2 is 2.15 bits per heavy atom. The van der Waals surface area contributed by atoms with E-state index in [9.17, 15) is 4.79 Å². The molecular formula is C14H16Cl2N2O2. The molecule has 3 atom stereocenters. The van der Waals surface area contributed by atoms with E-state index >= 15 is 0 Å². The van der Waals surface area contributed by atoms with E-state index in [4.69, 9.17) is 27.9 Å². The maximum atomic E-state index is 12.2. The van der Waals surface area contributed by atoms with Gasteiger partial charge in [-0.1, -0.05) is 23.2 Å². The number of ether oxygens (including phenoxy) is 1. The first kappa shape index (κ1) is 14.0. The third-order valence-corrected chi connectivity index (χ3v) is 4.89. The number of anilines is 1. The number of hydrogen-bond acceptors (Lipinski definition) is 3. The molecule has 1 amide bonds. The molecule has 6 heteroatoms. The number of carbonyl (C=O) groups excluding carboxylic acids is 1. The van der Waals surface area contributed by atoms with Crippen molar-refractivity contribution < 1.29 is 9.53 Å². The molecule has 2 fully saturated rings. The van der Waals surface area contributed by atoms with Crippen LogP contribution in [0, 0.1) is 5.92 Å². The third-order valence-electron chi connectivity index (χ3n) is 4.15. The average molecular weight is 315 g/mol. The van der Waals surface area contributed by atoms with Gasteiger partial charge in [-0.3, -0.25) is 4.90 Å². The molecule has 4 nitrogen and oxygen atoms in total. The standard InChI is InChI=1S/C14H16Cl2N2O2/c1-18(9-3-4-10(15)11(16)6-9)14(19)20-13-8-2-5-12(13)17-7-8/h3-4,6,8,12-13,17H,2,5,7H2,1H3. The second-order valence-corrected chi connectivity index (χ2v) is 6.17. The van der Waals surface area contributed by atoms with Crippen LogP contribution in [0.3, 0.4) is 0 Å². The monoisotopic (exact) mass is 314 g/mol. The number of amides is 1. The van der Waals surface area contributed by atoms with Crippen LogP contribution < -0.4 is 10.2 Å². The van der Waals surface area contributed by atoms with Gasteiger partial charge in [-0.25, -0.2) is 4.79 Å². The molecule has 0 radical (unpaired) electrons. The summed E-state index contributed by atoms with van der Waals surface area (Å²) in [6, 6.07) is 5.39. The zero-order valence-electron chi connectivity index (χ0n) is 11.1. The van der Waals surface area contributed by atoms with Gasteiger partial charge in [0.1, 0.15) is 6.10 Å². The van der Waals surface area contributed by atoms with Crippen LogP contribution >= 0.6 is 23.2 Å². The topological polar surface area (TPSA) is 41.6 Å². The molecule has 1 aromatic rings. The first-order chi connectivity index (χ1) is 9.56. The molecule has 1 aliphatic carbocycles. The van der Waals surface area contributed by atoms with Gasteiger partial charge in [-0.15, -0.1) is 0 Å². The van der Waals surface area contributed by atoms with Crippen LogP contribution in [-0.4, -0.2) is 31.8 Å². The zero-order valence-corrected chi connectivity index (χ0v) is 12.6. The summed E-state index contributed by atoms with van der Waals surface area (Å²) >= 11 is 11.8. The summed E-state index contributed by atoms with van der Waals surface area (Å²) in [5.74, 6) is 0.450. The van der Waals surface area contributed by atoms with Crippen LogP contribution in [0.1, 0.15) is 12.8 Å². The Morgan fingerprint density at radius 3 is 2.70 bits per heavy atom.